The molecule has 8 nitrogen and oxygen atoms in total. The minimum atomic E-state index is -3.53. The van der Waals surface area contributed by atoms with Gasteiger partial charge in [-0.3, -0.25) is 0 Å². The van der Waals surface area contributed by atoms with Gasteiger partial charge in [0, 0.05) is 41.0 Å². The lowest BCUT2D eigenvalue weighted by Gasteiger charge is -2.26. The molecule has 0 N–H and O–H groups in total. The average Bonchev–Trinajstić information content (AvgIpc) is 3.31. The molecule has 324 valence electrons. The SMILES string of the molecule is CCc1ccc(Oc2ccc(C(C)(C)c3ccc(Oc4ccc(Cc5cc(C)ncn5)cc4)cc3)cc2)cc1.CCc1cccc(S(=O)(=O)c2cccc(Cc3cc(C)ncn3)c2)c1. The molecule has 6 aromatic carbocycles. The number of sulfone groups is 1. The second-order valence-corrected chi connectivity index (χ2v) is 18.3. The van der Waals surface area contributed by atoms with Gasteiger partial charge in [-0.05, 0) is 145 Å². The molecule has 2 heterocycles. The van der Waals surface area contributed by atoms with E-state index in [2.05, 4.69) is 89.2 Å². The quantitative estimate of drug-likeness (QED) is 0.106. The van der Waals surface area contributed by atoms with E-state index in [0.717, 1.165) is 76.2 Å². The zero-order valence-electron chi connectivity index (χ0n) is 37.3. The Labute approximate surface area is 378 Å². The van der Waals surface area contributed by atoms with Crippen molar-refractivity contribution in [1.82, 2.24) is 19.9 Å². The number of benzene rings is 6. The molecule has 9 heteroatoms. The highest BCUT2D eigenvalue weighted by Gasteiger charge is 2.23. The Bertz CT molecular complexity index is 2900. The molecule has 8 aromatic rings. The Morgan fingerprint density at radius 2 is 0.844 bits per heavy atom. The van der Waals surface area contributed by atoms with Gasteiger partial charge in [0.05, 0.1) is 9.79 Å². The Balaban J connectivity index is 0.000000211. The molecule has 0 bridgehead atoms. The zero-order chi connectivity index (χ0) is 45.1. The number of nitrogens with zero attached hydrogens (tertiary/aromatic N) is 4. The second kappa shape index (κ2) is 20.5. The van der Waals surface area contributed by atoms with Gasteiger partial charge in [-0.25, -0.2) is 28.4 Å². The van der Waals surface area contributed by atoms with Crippen molar-refractivity contribution in [2.45, 2.75) is 82.4 Å². The minimum absolute atomic E-state index is 0.166. The predicted molar refractivity (Wildman–Crippen MR) is 254 cm³/mol. The zero-order valence-corrected chi connectivity index (χ0v) is 38.1. The van der Waals surface area contributed by atoms with Gasteiger partial charge in [-0.15, -0.1) is 0 Å². The number of hydrogen-bond acceptors (Lipinski definition) is 8. The van der Waals surface area contributed by atoms with Crippen molar-refractivity contribution in [1.29, 1.82) is 0 Å². The van der Waals surface area contributed by atoms with Gasteiger partial charge in [0.15, 0.2) is 0 Å². The summed E-state index contributed by atoms with van der Waals surface area (Å²) in [7, 11) is -3.53. The lowest BCUT2D eigenvalue weighted by molar-refractivity contribution is 0.481. The number of hydrogen-bond donors (Lipinski definition) is 0. The maximum absolute atomic E-state index is 12.9. The van der Waals surface area contributed by atoms with E-state index in [0.29, 0.717) is 16.2 Å². The standard InChI is InChI=1S/C35H34N2O2.C20H20N2O2S/c1-5-26-6-14-31(15-7-26)38-33-18-10-28(11-19-33)35(3,4)29-12-20-34(21-13-29)39-32-16-8-27(9-17-32)23-30-22-25(2)36-24-37-30;1-3-16-6-4-8-19(12-16)25(23,24)20-9-5-7-17(13-20)11-18-10-15(2)21-14-22-18/h6-22,24H,5,23H2,1-4H3;4-10,12-14H,3,11H2,1-2H3. The van der Waals surface area contributed by atoms with Crippen LogP contribution in [-0.2, 0) is 40.9 Å². The summed E-state index contributed by atoms with van der Waals surface area (Å²) in [6, 6.07) is 51.3. The molecular formula is C55H54N4O4S. The van der Waals surface area contributed by atoms with Gasteiger partial charge in [-0.1, -0.05) is 100 Å². The molecule has 8 rings (SSSR count). The van der Waals surface area contributed by atoms with Crippen LogP contribution >= 0.6 is 0 Å². The van der Waals surface area contributed by atoms with E-state index < -0.39 is 9.84 Å². The highest BCUT2D eigenvalue weighted by atomic mass is 32.2. The van der Waals surface area contributed by atoms with Crippen molar-refractivity contribution in [3.63, 3.8) is 0 Å². The first kappa shape index (κ1) is 45.1. The second-order valence-electron chi connectivity index (χ2n) is 16.3. The van der Waals surface area contributed by atoms with Crippen molar-refractivity contribution in [2.75, 3.05) is 0 Å². The Kier molecular flexibility index (Phi) is 14.4. The largest absolute Gasteiger partial charge is 0.457 e. The van der Waals surface area contributed by atoms with E-state index in [1.165, 1.54) is 28.6 Å². The van der Waals surface area contributed by atoms with Crippen LogP contribution in [0.2, 0.25) is 0 Å². The van der Waals surface area contributed by atoms with Gasteiger partial charge in [0.2, 0.25) is 9.84 Å². The third-order valence-electron chi connectivity index (χ3n) is 11.2. The number of aryl methyl sites for hydroxylation is 4. The molecule has 0 amide bonds. The smallest absolute Gasteiger partial charge is 0.206 e. The summed E-state index contributed by atoms with van der Waals surface area (Å²) in [5.74, 6) is 3.31. The molecule has 0 fully saturated rings. The van der Waals surface area contributed by atoms with E-state index >= 15 is 0 Å². The fourth-order valence-electron chi connectivity index (χ4n) is 7.31. The Morgan fingerprint density at radius 3 is 1.28 bits per heavy atom. The molecule has 0 aliphatic carbocycles. The third kappa shape index (κ3) is 11.7. The monoisotopic (exact) mass is 866 g/mol. The number of rotatable bonds is 14. The average molecular weight is 867 g/mol. The van der Waals surface area contributed by atoms with Crippen LogP contribution in [0.1, 0.15) is 83.9 Å². The molecule has 64 heavy (non-hydrogen) atoms. The maximum atomic E-state index is 12.9. The van der Waals surface area contributed by atoms with Gasteiger partial charge in [-0.2, -0.15) is 0 Å². The van der Waals surface area contributed by atoms with Gasteiger partial charge in [0.25, 0.3) is 0 Å². The minimum Gasteiger partial charge on any atom is -0.457 e. The summed E-state index contributed by atoms with van der Waals surface area (Å²) in [6.07, 6.45) is 6.31. The summed E-state index contributed by atoms with van der Waals surface area (Å²) in [5.41, 5.74) is 10.4. The van der Waals surface area contributed by atoms with Crippen LogP contribution in [0.25, 0.3) is 0 Å². The summed E-state index contributed by atoms with van der Waals surface area (Å²) in [4.78, 5) is 17.5. The van der Waals surface area contributed by atoms with E-state index in [9.17, 15) is 8.42 Å². The maximum Gasteiger partial charge on any atom is 0.206 e. The lowest BCUT2D eigenvalue weighted by atomic mass is 9.78. The molecule has 0 unspecified atom stereocenters. The van der Waals surface area contributed by atoms with E-state index in [4.69, 9.17) is 9.47 Å². The first-order valence-corrected chi connectivity index (χ1v) is 23.1. The van der Waals surface area contributed by atoms with Crippen LogP contribution in [0.3, 0.4) is 0 Å². The van der Waals surface area contributed by atoms with E-state index in [-0.39, 0.29) is 5.41 Å². The van der Waals surface area contributed by atoms with Crippen LogP contribution < -0.4 is 9.47 Å². The highest BCUT2D eigenvalue weighted by Crippen LogP contribution is 2.35. The van der Waals surface area contributed by atoms with Gasteiger partial charge in [0.1, 0.15) is 35.7 Å². The Hall–Kier alpha value is -6.97. The first-order chi connectivity index (χ1) is 30.9. The van der Waals surface area contributed by atoms with Crippen LogP contribution in [-0.4, -0.2) is 28.4 Å². The van der Waals surface area contributed by atoms with Crippen LogP contribution in [0.5, 0.6) is 23.0 Å². The molecule has 2 aromatic heterocycles. The molecule has 0 spiro atoms. The molecule has 0 radical (unpaired) electrons. The van der Waals surface area contributed by atoms with Gasteiger partial charge < -0.3 is 9.47 Å². The first-order valence-electron chi connectivity index (χ1n) is 21.6. The Morgan fingerprint density at radius 1 is 0.453 bits per heavy atom. The van der Waals surface area contributed by atoms with Crippen molar-refractivity contribution in [2.24, 2.45) is 0 Å². The molecule has 0 saturated carbocycles. The fourth-order valence-corrected chi connectivity index (χ4v) is 8.71. The van der Waals surface area contributed by atoms with Crippen molar-refractivity contribution in [3.8, 4) is 23.0 Å². The van der Waals surface area contributed by atoms with Crippen molar-refractivity contribution < 1.29 is 17.9 Å². The van der Waals surface area contributed by atoms with E-state index in [1.54, 1.807) is 42.7 Å². The predicted octanol–water partition coefficient (Wildman–Crippen LogP) is 12.6. The van der Waals surface area contributed by atoms with E-state index in [1.807, 2.05) is 93.6 Å². The molecular weight excluding hydrogens is 813 g/mol. The summed E-state index contributed by atoms with van der Waals surface area (Å²) >= 11 is 0. The normalized spacial score (nSPS) is 11.3. The highest BCUT2D eigenvalue weighted by molar-refractivity contribution is 7.91. The topological polar surface area (TPSA) is 104 Å². The number of ether oxygens (including phenoxy) is 2. The van der Waals surface area contributed by atoms with Crippen LogP contribution in [0.4, 0.5) is 0 Å². The summed E-state index contributed by atoms with van der Waals surface area (Å²) in [6.45, 7) is 12.5. The molecule has 0 saturated heterocycles. The molecule has 0 atom stereocenters. The van der Waals surface area contributed by atoms with Gasteiger partial charge >= 0.3 is 0 Å². The number of aromatic nitrogens is 4. The third-order valence-corrected chi connectivity index (χ3v) is 12.9. The fraction of sp³-hybridized carbons (Fsp3) is 0.200. The van der Waals surface area contributed by atoms with Crippen molar-refractivity contribution >= 4 is 9.84 Å². The van der Waals surface area contributed by atoms with Crippen LogP contribution in [0.15, 0.2) is 180 Å². The summed E-state index contributed by atoms with van der Waals surface area (Å²) < 4.78 is 38.0. The lowest BCUT2D eigenvalue weighted by Crippen LogP contribution is -2.18. The van der Waals surface area contributed by atoms with Crippen molar-refractivity contribution in [3.05, 3.63) is 227 Å². The van der Waals surface area contributed by atoms with Crippen LogP contribution in [0, 0.1) is 13.8 Å². The molecule has 0 aliphatic rings. The molecule has 0 aliphatic heterocycles. The summed E-state index contributed by atoms with van der Waals surface area (Å²) in [5, 5.41) is 0.